The monoisotopic (exact) mass is 458 g/mol. The van der Waals surface area contributed by atoms with Gasteiger partial charge in [0.1, 0.15) is 18.1 Å². The molecule has 0 atom stereocenters. The number of hydrogen-bond acceptors (Lipinski definition) is 6. The third-order valence-corrected chi connectivity index (χ3v) is 5.55. The van der Waals surface area contributed by atoms with Crippen molar-refractivity contribution in [1.82, 2.24) is 15.1 Å². The zero-order chi connectivity index (χ0) is 20.8. The second-order valence-electron chi connectivity index (χ2n) is 6.18. The van der Waals surface area contributed by atoms with E-state index >= 15 is 0 Å². The highest BCUT2D eigenvalue weighted by Gasteiger charge is 2.25. The fraction of sp³-hybridized carbons (Fsp3) is 0.389. The first kappa shape index (κ1) is 21.8. The standard InChI is InChI=1S/C18H20Cl2N4O4S/c1-27-5-4-21-16(25)7-24-18(12-9-29-10-14(12)23-24)22-17(26)8-28-15-3-2-11(19)6-13(15)20/h2-3,6H,4-5,7-10H2,1H3,(H,21,25)(H,22,26). The number of hydrogen-bond donors (Lipinski definition) is 2. The van der Waals surface area contributed by atoms with Crippen LogP contribution >= 0.6 is 35.0 Å². The Bertz CT molecular complexity index is 906. The van der Waals surface area contributed by atoms with E-state index in [0.717, 1.165) is 22.8 Å². The van der Waals surface area contributed by atoms with Crippen LogP contribution in [0.15, 0.2) is 18.2 Å². The van der Waals surface area contributed by atoms with E-state index in [1.807, 2.05) is 0 Å². The smallest absolute Gasteiger partial charge is 0.263 e. The van der Waals surface area contributed by atoms with Gasteiger partial charge in [0, 0.05) is 35.7 Å². The van der Waals surface area contributed by atoms with Gasteiger partial charge < -0.3 is 20.1 Å². The summed E-state index contributed by atoms with van der Waals surface area (Å²) in [6, 6.07) is 4.76. The SMILES string of the molecule is COCCNC(=O)Cn1nc2c(c1NC(=O)COc1ccc(Cl)cc1Cl)CSC2. The number of anilines is 1. The summed E-state index contributed by atoms with van der Waals surface area (Å²) in [6.45, 7) is 0.588. The van der Waals surface area contributed by atoms with Crippen molar-refractivity contribution < 1.29 is 19.1 Å². The molecule has 1 aromatic carbocycles. The number of ether oxygens (including phenoxy) is 2. The van der Waals surface area contributed by atoms with Gasteiger partial charge in [-0.2, -0.15) is 16.9 Å². The van der Waals surface area contributed by atoms with E-state index < -0.39 is 0 Å². The van der Waals surface area contributed by atoms with Gasteiger partial charge in [-0.15, -0.1) is 0 Å². The van der Waals surface area contributed by atoms with Gasteiger partial charge in [0.05, 0.1) is 17.3 Å². The predicted molar refractivity (Wildman–Crippen MR) is 113 cm³/mol. The van der Waals surface area contributed by atoms with Crippen LogP contribution in [0.4, 0.5) is 5.82 Å². The molecule has 0 radical (unpaired) electrons. The highest BCUT2D eigenvalue weighted by atomic mass is 35.5. The van der Waals surface area contributed by atoms with Gasteiger partial charge in [-0.05, 0) is 18.2 Å². The molecule has 29 heavy (non-hydrogen) atoms. The van der Waals surface area contributed by atoms with Crippen molar-refractivity contribution in [2.75, 3.05) is 32.2 Å². The molecular weight excluding hydrogens is 439 g/mol. The zero-order valence-corrected chi connectivity index (χ0v) is 18.0. The van der Waals surface area contributed by atoms with Crippen LogP contribution in [-0.4, -0.2) is 48.5 Å². The van der Waals surface area contributed by atoms with Gasteiger partial charge in [0.2, 0.25) is 5.91 Å². The van der Waals surface area contributed by atoms with Crippen molar-refractivity contribution in [3.63, 3.8) is 0 Å². The van der Waals surface area contributed by atoms with Gasteiger partial charge in [-0.25, -0.2) is 4.68 Å². The summed E-state index contributed by atoms with van der Waals surface area (Å²) in [5.74, 6) is 1.75. The maximum atomic E-state index is 12.4. The molecule has 1 aromatic heterocycles. The molecule has 1 aliphatic rings. The molecule has 0 saturated carbocycles. The summed E-state index contributed by atoms with van der Waals surface area (Å²) in [6.07, 6.45) is 0. The van der Waals surface area contributed by atoms with Gasteiger partial charge in [0.15, 0.2) is 6.61 Å². The average molecular weight is 459 g/mol. The number of carbonyl (C=O) groups excluding carboxylic acids is 2. The van der Waals surface area contributed by atoms with Crippen LogP contribution in [0.25, 0.3) is 0 Å². The van der Waals surface area contributed by atoms with Crippen molar-refractivity contribution in [3.05, 3.63) is 39.5 Å². The van der Waals surface area contributed by atoms with Crippen LogP contribution < -0.4 is 15.4 Å². The fourth-order valence-corrected chi connectivity index (χ4v) is 4.21. The van der Waals surface area contributed by atoms with Crippen molar-refractivity contribution in [2.24, 2.45) is 0 Å². The molecule has 0 saturated heterocycles. The van der Waals surface area contributed by atoms with Crippen LogP contribution in [-0.2, 0) is 32.4 Å². The van der Waals surface area contributed by atoms with Crippen molar-refractivity contribution in [2.45, 2.75) is 18.1 Å². The summed E-state index contributed by atoms with van der Waals surface area (Å²) >= 11 is 13.6. The van der Waals surface area contributed by atoms with Crippen molar-refractivity contribution in [1.29, 1.82) is 0 Å². The molecule has 156 valence electrons. The Labute approximate surface area is 182 Å². The predicted octanol–water partition coefficient (Wildman–Crippen LogP) is 2.72. The Morgan fingerprint density at radius 2 is 2.10 bits per heavy atom. The molecule has 0 unspecified atom stereocenters. The van der Waals surface area contributed by atoms with Crippen LogP contribution in [0.5, 0.6) is 5.75 Å². The lowest BCUT2D eigenvalue weighted by Gasteiger charge is -2.12. The molecule has 8 nitrogen and oxygen atoms in total. The third kappa shape index (κ3) is 5.79. The molecule has 1 aliphatic heterocycles. The maximum absolute atomic E-state index is 12.4. The lowest BCUT2D eigenvalue weighted by atomic mass is 10.3. The van der Waals surface area contributed by atoms with Gasteiger partial charge in [-0.1, -0.05) is 23.2 Å². The Hall–Kier alpha value is -1.94. The average Bonchev–Trinajstić information content (AvgIpc) is 3.24. The number of nitrogens with zero attached hydrogens (tertiary/aromatic N) is 2. The first-order valence-corrected chi connectivity index (χ1v) is 10.7. The van der Waals surface area contributed by atoms with E-state index in [1.54, 1.807) is 31.0 Å². The van der Waals surface area contributed by atoms with E-state index in [9.17, 15) is 9.59 Å². The van der Waals surface area contributed by atoms with E-state index in [0.29, 0.717) is 34.8 Å². The Morgan fingerprint density at radius 3 is 2.86 bits per heavy atom. The first-order valence-electron chi connectivity index (χ1n) is 8.77. The number of aromatic nitrogens is 2. The number of methoxy groups -OCH3 is 1. The van der Waals surface area contributed by atoms with E-state index in [-0.39, 0.29) is 25.0 Å². The summed E-state index contributed by atoms with van der Waals surface area (Å²) in [7, 11) is 1.56. The Balaban J connectivity index is 1.64. The molecule has 0 aliphatic carbocycles. The number of benzene rings is 1. The minimum absolute atomic E-state index is 0.000857. The number of halogens is 2. The van der Waals surface area contributed by atoms with Gasteiger partial charge in [0.25, 0.3) is 5.91 Å². The third-order valence-electron chi connectivity index (χ3n) is 4.05. The molecule has 3 rings (SSSR count). The van der Waals surface area contributed by atoms with E-state index in [2.05, 4.69) is 15.7 Å². The largest absolute Gasteiger partial charge is 0.482 e. The topological polar surface area (TPSA) is 94.5 Å². The minimum atomic E-state index is -0.378. The number of amides is 2. The molecular formula is C18H20Cl2N4O4S. The summed E-state index contributed by atoms with van der Waals surface area (Å²) in [5, 5.41) is 10.8. The molecule has 2 aromatic rings. The van der Waals surface area contributed by atoms with Crippen molar-refractivity contribution >= 4 is 52.6 Å². The molecule has 0 spiro atoms. The van der Waals surface area contributed by atoms with Gasteiger partial charge in [-0.3, -0.25) is 9.59 Å². The summed E-state index contributed by atoms with van der Waals surface area (Å²) < 4.78 is 11.9. The second kappa shape index (κ2) is 10.2. The number of rotatable bonds is 9. The summed E-state index contributed by atoms with van der Waals surface area (Å²) in [4.78, 5) is 24.6. The Morgan fingerprint density at radius 1 is 1.28 bits per heavy atom. The minimum Gasteiger partial charge on any atom is -0.482 e. The molecule has 2 amide bonds. The lowest BCUT2D eigenvalue weighted by molar-refractivity contribution is -0.122. The lowest BCUT2D eigenvalue weighted by Crippen LogP contribution is -2.31. The van der Waals surface area contributed by atoms with Crippen LogP contribution in [0.2, 0.25) is 10.0 Å². The Kier molecular flexibility index (Phi) is 7.65. The number of carbonyl (C=O) groups is 2. The zero-order valence-electron chi connectivity index (χ0n) is 15.7. The molecule has 2 heterocycles. The molecule has 0 bridgehead atoms. The van der Waals surface area contributed by atoms with E-state index in [4.69, 9.17) is 32.7 Å². The number of fused-ring (bicyclic) bond motifs is 1. The van der Waals surface area contributed by atoms with Crippen LogP contribution in [0, 0.1) is 0 Å². The second-order valence-corrected chi connectivity index (χ2v) is 8.01. The summed E-state index contributed by atoms with van der Waals surface area (Å²) in [5.41, 5.74) is 1.80. The first-order chi connectivity index (χ1) is 14.0. The fourth-order valence-electron chi connectivity index (χ4n) is 2.71. The molecule has 11 heteroatoms. The van der Waals surface area contributed by atoms with Crippen LogP contribution in [0.3, 0.4) is 0 Å². The highest BCUT2D eigenvalue weighted by Crippen LogP contribution is 2.34. The molecule has 0 fully saturated rings. The van der Waals surface area contributed by atoms with Crippen LogP contribution in [0.1, 0.15) is 11.3 Å². The number of thioether (sulfide) groups is 1. The van der Waals surface area contributed by atoms with E-state index in [1.165, 1.54) is 10.7 Å². The van der Waals surface area contributed by atoms with Crippen molar-refractivity contribution in [3.8, 4) is 5.75 Å². The maximum Gasteiger partial charge on any atom is 0.263 e. The normalized spacial score (nSPS) is 12.5. The number of nitrogens with one attached hydrogen (secondary N) is 2. The van der Waals surface area contributed by atoms with Gasteiger partial charge >= 0.3 is 0 Å². The molecule has 2 N–H and O–H groups in total. The highest BCUT2D eigenvalue weighted by molar-refractivity contribution is 7.98. The quantitative estimate of drug-likeness (QED) is 0.560.